The van der Waals surface area contributed by atoms with Crippen LogP contribution in [0.15, 0.2) is 0 Å². The monoisotopic (exact) mass is 142 g/mol. The number of aliphatic hydroxyl groups is 1. The van der Waals surface area contributed by atoms with Crippen molar-refractivity contribution in [3.05, 3.63) is 0 Å². The van der Waals surface area contributed by atoms with Crippen LogP contribution in [0, 0.1) is 11.8 Å². The van der Waals surface area contributed by atoms with Gasteiger partial charge in [0.15, 0.2) is 0 Å². The highest BCUT2D eigenvalue weighted by Crippen LogP contribution is 2.29. The standard InChI is InChI=1S/C9H18O/c1-7-3-5-9(6-4-7)8(2)10/h7-10H,3-6H2,1-2H3/t7-,8?,9-. The van der Waals surface area contributed by atoms with Crippen molar-refractivity contribution in [3.8, 4) is 0 Å². The molecule has 60 valence electrons. The van der Waals surface area contributed by atoms with E-state index in [2.05, 4.69) is 6.92 Å². The Bertz CT molecular complexity index is 90.9. The third kappa shape index (κ3) is 1.98. The van der Waals surface area contributed by atoms with Gasteiger partial charge in [-0.05, 0) is 31.6 Å². The van der Waals surface area contributed by atoms with Gasteiger partial charge in [0, 0.05) is 0 Å². The summed E-state index contributed by atoms with van der Waals surface area (Å²) >= 11 is 0. The van der Waals surface area contributed by atoms with Gasteiger partial charge in [0.1, 0.15) is 0 Å². The van der Waals surface area contributed by atoms with Gasteiger partial charge in [-0.1, -0.05) is 19.8 Å². The molecule has 0 radical (unpaired) electrons. The van der Waals surface area contributed by atoms with Gasteiger partial charge in [-0.2, -0.15) is 0 Å². The molecule has 0 heterocycles. The fourth-order valence-corrected chi connectivity index (χ4v) is 1.77. The SMILES string of the molecule is CC(O)[C@H]1CC[C@H](C)CC1. The Balaban J connectivity index is 2.26. The van der Waals surface area contributed by atoms with E-state index in [0.29, 0.717) is 5.92 Å². The van der Waals surface area contributed by atoms with E-state index in [4.69, 9.17) is 0 Å². The van der Waals surface area contributed by atoms with E-state index in [1.165, 1.54) is 25.7 Å². The first kappa shape index (κ1) is 8.06. The van der Waals surface area contributed by atoms with Gasteiger partial charge >= 0.3 is 0 Å². The average Bonchev–Trinajstić information content (AvgIpc) is 1.88. The van der Waals surface area contributed by atoms with Crippen LogP contribution in [0.2, 0.25) is 0 Å². The zero-order valence-corrected chi connectivity index (χ0v) is 7.01. The second kappa shape index (κ2) is 3.38. The normalized spacial score (nSPS) is 37.5. The smallest absolute Gasteiger partial charge is 0.0540 e. The van der Waals surface area contributed by atoms with Gasteiger partial charge in [0.2, 0.25) is 0 Å². The molecule has 0 aromatic heterocycles. The molecule has 0 aliphatic heterocycles. The Kier molecular flexibility index (Phi) is 2.72. The molecular formula is C9H18O. The molecule has 1 saturated carbocycles. The van der Waals surface area contributed by atoms with Crippen molar-refractivity contribution in [2.75, 3.05) is 0 Å². The van der Waals surface area contributed by atoms with Crippen molar-refractivity contribution >= 4 is 0 Å². The van der Waals surface area contributed by atoms with Crippen LogP contribution < -0.4 is 0 Å². The molecule has 1 nitrogen and oxygen atoms in total. The summed E-state index contributed by atoms with van der Waals surface area (Å²) in [6.45, 7) is 4.22. The molecule has 0 aromatic rings. The number of hydrogen-bond acceptors (Lipinski definition) is 1. The van der Waals surface area contributed by atoms with E-state index >= 15 is 0 Å². The molecule has 1 atom stereocenters. The van der Waals surface area contributed by atoms with Crippen molar-refractivity contribution < 1.29 is 5.11 Å². The quantitative estimate of drug-likeness (QED) is 0.595. The molecule has 1 rings (SSSR count). The molecule has 1 unspecified atom stereocenters. The van der Waals surface area contributed by atoms with Crippen molar-refractivity contribution in [2.24, 2.45) is 11.8 Å². The summed E-state index contributed by atoms with van der Waals surface area (Å²) in [4.78, 5) is 0. The summed E-state index contributed by atoms with van der Waals surface area (Å²) in [6.07, 6.45) is 5.02. The summed E-state index contributed by atoms with van der Waals surface area (Å²) in [5.41, 5.74) is 0. The molecule has 0 aromatic carbocycles. The topological polar surface area (TPSA) is 20.2 Å². The minimum atomic E-state index is -0.0764. The van der Waals surface area contributed by atoms with Gasteiger partial charge in [-0.15, -0.1) is 0 Å². The maximum absolute atomic E-state index is 9.26. The molecule has 1 aliphatic carbocycles. The van der Waals surface area contributed by atoms with E-state index in [9.17, 15) is 5.11 Å². The fourth-order valence-electron chi connectivity index (χ4n) is 1.77. The predicted octanol–water partition coefficient (Wildman–Crippen LogP) is 2.19. The summed E-state index contributed by atoms with van der Waals surface area (Å²) in [5.74, 6) is 1.49. The minimum Gasteiger partial charge on any atom is -0.393 e. The Morgan fingerprint density at radius 1 is 1.20 bits per heavy atom. The first-order chi connectivity index (χ1) is 4.70. The molecule has 0 bridgehead atoms. The Morgan fingerprint density at radius 2 is 1.70 bits per heavy atom. The lowest BCUT2D eigenvalue weighted by atomic mass is 9.81. The second-order valence-corrected chi connectivity index (χ2v) is 3.76. The number of hydrogen-bond donors (Lipinski definition) is 1. The molecule has 0 spiro atoms. The molecular weight excluding hydrogens is 124 g/mol. The second-order valence-electron chi connectivity index (χ2n) is 3.76. The van der Waals surface area contributed by atoms with Crippen LogP contribution in [-0.4, -0.2) is 11.2 Å². The van der Waals surface area contributed by atoms with Crippen molar-refractivity contribution in [2.45, 2.75) is 45.6 Å². The third-order valence-corrected chi connectivity index (χ3v) is 2.74. The first-order valence-electron chi connectivity index (χ1n) is 4.38. The van der Waals surface area contributed by atoms with E-state index in [0.717, 1.165) is 5.92 Å². The predicted molar refractivity (Wildman–Crippen MR) is 42.8 cm³/mol. The minimum absolute atomic E-state index is 0.0764. The van der Waals surface area contributed by atoms with Crippen LogP contribution in [0.5, 0.6) is 0 Å². The summed E-state index contributed by atoms with van der Waals surface area (Å²) in [5, 5.41) is 9.26. The lowest BCUT2D eigenvalue weighted by molar-refractivity contribution is 0.0909. The van der Waals surface area contributed by atoms with Gasteiger partial charge in [0.25, 0.3) is 0 Å². The summed E-state index contributed by atoms with van der Waals surface area (Å²) in [7, 11) is 0. The van der Waals surface area contributed by atoms with E-state index in [1.54, 1.807) is 0 Å². The maximum atomic E-state index is 9.26. The van der Waals surface area contributed by atoms with Crippen molar-refractivity contribution in [3.63, 3.8) is 0 Å². The Hall–Kier alpha value is -0.0400. The highest BCUT2D eigenvalue weighted by molar-refractivity contribution is 4.72. The molecule has 0 saturated heterocycles. The molecule has 1 N–H and O–H groups in total. The molecule has 1 aliphatic rings. The van der Waals surface area contributed by atoms with Gasteiger partial charge in [0.05, 0.1) is 6.10 Å². The van der Waals surface area contributed by atoms with Crippen LogP contribution in [0.25, 0.3) is 0 Å². The zero-order valence-electron chi connectivity index (χ0n) is 7.01. The highest BCUT2D eigenvalue weighted by atomic mass is 16.3. The van der Waals surface area contributed by atoms with Crippen molar-refractivity contribution in [1.29, 1.82) is 0 Å². The molecule has 0 amide bonds. The largest absolute Gasteiger partial charge is 0.393 e. The van der Waals surface area contributed by atoms with Crippen molar-refractivity contribution in [1.82, 2.24) is 0 Å². The van der Waals surface area contributed by atoms with Crippen LogP contribution in [-0.2, 0) is 0 Å². The molecule has 1 heteroatoms. The first-order valence-corrected chi connectivity index (χ1v) is 4.38. The zero-order chi connectivity index (χ0) is 7.56. The maximum Gasteiger partial charge on any atom is 0.0540 e. The Morgan fingerprint density at radius 3 is 2.10 bits per heavy atom. The van der Waals surface area contributed by atoms with Crippen LogP contribution >= 0.6 is 0 Å². The third-order valence-electron chi connectivity index (χ3n) is 2.74. The van der Waals surface area contributed by atoms with Gasteiger partial charge in [-0.3, -0.25) is 0 Å². The molecule has 10 heavy (non-hydrogen) atoms. The number of aliphatic hydroxyl groups excluding tert-OH is 1. The average molecular weight is 142 g/mol. The van der Waals surface area contributed by atoms with Crippen LogP contribution in [0.3, 0.4) is 0 Å². The highest BCUT2D eigenvalue weighted by Gasteiger charge is 2.21. The van der Waals surface area contributed by atoms with Gasteiger partial charge < -0.3 is 5.11 Å². The number of rotatable bonds is 1. The Labute approximate surface area is 63.4 Å². The van der Waals surface area contributed by atoms with E-state index < -0.39 is 0 Å². The van der Waals surface area contributed by atoms with Crippen LogP contribution in [0.1, 0.15) is 39.5 Å². The lowest BCUT2D eigenvalue weighted by Gasteiger charge is -2.27. The van der Waals surface area contributed by atoms with E-state index in [1.807, 2.05) is 6.92 Å². The van der Waals surface area contributed by atoms with Gasteiger partial charge in [-0.25, -0.2) is 0 Å². The molecule has 1 fully saturated rings. The van der Waals surface area contributed by atoms with Crippen LogP contribution in [0.4, 0.5) is 0 Å². The van der Waals surface area contributed by atoms with E-state index in [-0.39, 0.29) is 6.10 Å². The summed E-state index contributed by atoms with van der Waals surface area (Å²) in [6, 6.07) is 0. The summed E-state index contributed by atoms with van der Waals surface area (Å²) < 4.78 is 0. The fraction of sp³-hybridized carbons (Fsp3) is 1.00. The lowest BCUT2D eigenvalue weighted by Crippen LogP contribution is -2.22.